The first kappa shape index (κ1) is 9.36. The van der Waals surface area contributed by atoms with Crippen LogP contribution in [0.4, 0.5) is 0 Å². The maximum absolute atomic E-state index is 5.24. The summed E-state index contributed by atoms with van der Waals surface area (Å²) >= 11 is 0. The van der Waals surface area contributed by atoms with Gasteiger partial charge in [-0.15, -0.1) is 0 Å². The molecular formula is C9H17N2O. The van der Waals surface area contributed by atoms with Crippen LogP contribution in [-0.2, 0) is 4.84 Å². The second-order valence-electron chi connectivity index (χ2n) is 3.52. The quantitative estimate of drug-likeness (QED) is 0.647. The van der Waals surface area contributed by atoms with E-state index in [-0.39, 0.29) is 5.72 Å². The van der Waals surface area contributed by atoms with E-state index >= 15 is 0 Å². The second-order valence-corrected chi connectivity index (χ2v) is 3.52. The minimum absolute atomic E-state index is 0.292. The van der Waals surface area contributed by atoms with Crippen LogP contribution in [0.1, 0.15) is 40.5 Å². The van der Waals surface area contributed by atoms with Crippen molar-refractivity contribution >= 4 is 5.84 Å². The predicted molar refractivity (Wildman–Crippen MR) is 49.3 cm³/mol. The molecule has 0 spiro atoms. The molecule has 0 bridgehead atoms. The summed E-state index contributed by atoms with van der Waals surface area (Å²) in [7, 11) is 0. The fourth-order valence-electron chi connectivity index (χ4n) is 1.27. The topological polar surface area (TPSA) is 24.8 Å². The number of oxime groups is 1. The third-order valence-electron chi connectivity index (χ3n) is 1.93. The Hall–Kier alpha value is -0.730. The Balaban J connectivity index is 2.53. The van der Waals surface area contributed by atoms with Crippen LogP contribution in [0.2, 0.25) is 0 Å². The highest BCUT2D eigenvalue weighted by Crippen LogP contribution is 2.25. The van der Waals surface area contributed by atoms with E-state index in [1.807, 2.05) is 20.8 Å². The molecular weight excluding hydrogens is 152 g/mol. The van der Waals surface area contributed by atoms with Crippen molar-refractivity contribution in [2.24, 2.45) is 5.16 Å². The molecule has 1 rings (SSSR count). The van der Waals surface area contributed by atoms with Crippen molar-refractivity contribution in [3.63, 3.8) is 0 Å². The Morgan fingerprint density at radius 3 is 2.67 bits per heavy atom. The van der Waals surface area contributed by atoms with Crippen LogP contribution in [-0.4, -0.2) is 16.5 Å². The summed E-state index contributed by atoms with van der Waals surface area (Å²) in [6.45, 7) is 10.3. The molecule has 3 nitrogen and oxygen atoms in total. The number of rotatable bonds is 3. The van der Waals surface area contributed by atoms with Crippen molar-refractivity contribution in [3.05, 3.63) is 6.54 Å². The first-order chi connectivity index (χ1) is 5.58. The van der Waals surface area contributed by atoms with E-state index in [2.05, 4.69) is 23.5 Å². The van der Waals surface area contributed by atoms with Crippen molar-refractivity contribution in [2.75, 3.05) is 0 Å². The number of amidine groups is 1. The van der Waals surface area contributed by atoms with Gasteiger partial charge in [-0.05, 0) is 27.2 Å². The van der Waals surface area contributed by atoms with Gasteiger partial charge in [0.25, 0.3) is 0 Å². The maximum atomic E-state index is 5.24. The molecule has 0 aliphatic carbocycles. The molecule has 0 aromatic heterocycles. The number of hydrogen-bond donors (Lipinski definition) is 0. The lowest BCUT2D eigenvalue weighted by Gasteiger charge is -2.29. The third-order valence-corrected chi connectivity index (χ3v) is 1.93. The fourth-order valence-corrected chi connectivity index (χ4v) is 1.27. The van der Waals surface area contributed by atoms with Crippen molar-refractivity contribution in [1.82, 2.24) is 4.90 Å². The van der Waals surface area contributed by atoms with E-state index in [1.165, 1.54) is 0 Å². The molecule has 0 amide bonds. The van der Waals surface area contributed by atoms with Gasteiger partial charge in [-0.25, -0.2) is 0 Å². The highest BCUT2D eigenvalue weighted by Gasteiger charge is 2.34. The van der Waals surface area contributed by atoms with Crippen LogP contribution in [0.25, 0.3) is 0 Å². The second kappa shape index (κ2) is 3.33. The van der Waals surface area contributed by atoms with Crippen molar-refractivity contribution in [3.8, 4) is 0 Å². The van der Waals surface area contributed by atoms with E-state index in [0.29, 0.717) is 0 Å². The summed E-state index contributed by atoms with van der Waals surface area (Å²) < 4.78 is 0. The van der Waals surface area contributed by atoms with E-state index in [1.54, 1.807) is 0 Å². The van der Waals surface area contributed by atoms with Gasteiger partial charge >= 0.3 is 0 Å². The summed E-state index contributed by atoms with van der Waals surface area (Å²) in [4.78, 5) is 7.32. The molecule has 0 aromatic carbocycles. The Morgan fingerprint density at radius 1 is 1.58 bits per heavy atom. The van der Waals surface area contributed by atoms with E-state index in [4.69, 9.17) is 4.84 Å². The average Bonchev–Trinajstić information content (AvgIpc) is 2.24. The van der Waals surface area contributed by atoms with Crippen molar-refractivity contribution < 1.29 is 4.84 Å². The van der Waals surface area contributed by atoms with E-state index in [0.717, 1.165) is 18.7 Å². The molecule has 0 fully saturated rings. The molecule has 0 atom stereocenters. The third kappa shape index (κ3) is 1.71. The highest BCUT2D eigenvalue weighted by molar-refractivity contribution is 5.81. The van der Waals surface area contributed by atoms with E-state index < -0.39 is 0 Å². The van der Waals surface area contributed by atoms with Gasteiger partial charge in [-0.3, -0.25) is 0 Å². The SMILES string of the molecule is CCC[CH]N1C(C)=NOC1(C)C. The summed E-state index contributed by atoms with van der Waals surface area (Å²) in [6.07, 6.45) is 2.22. The molecule has 1 heterocycles. The lowest BCUT2D eigenvalue weighted by Crippen LogP contribution is -2.40. The molecule has 0 aromatic rings. The van der Waals surface area contributed by atoms with Gasteiger partial charge in [0.15, 0.2) is 0 Å². The smallest absolute Gasteiger partial charge is 0.205 e. The number of nitrogens with zero attached hydrogens (tertiary/aromatic N) is 2. The lowest BCUT2D eigenvalue weighted by atomic mass is 10.2. The van der Waals surface area contributed by atoms with Crippen LogP contribution >= 0.6 is 0 Å². The molecule has 0 saturated carbocycles. The Bertz CT molecular complexity index is 187. The van der Waals surface area contributed by atoms with Gasteiger partial charge in [0.2, 0.25) is 5.72 Å². The molecule has 1 radical (unpaired) electrons. The largest absolute Gasteiger partial charge is 0.366 e. The van der Waals surface area contributed by atoms with Crippen LogP contribution in [0.3, 0.4) is 0 Å². The first-order valence-electron chi connectivity index (χ1n) is 4.43. The zero-order valence-electron chi connectivity index (χ0n) is 8.29. The highest BCUT2D eigenvalue weighted by atomic mass is 16.7. The lowest BCUT2D eigenvalue weighted by molar-refractivity contribution is -0.0591. The average molecular weight is 169 g/mol. The van der Waals surface area contributed by atoms with Gasteiger partial charge in [-0.2, -0.15) is 0 Å². The molecule has 3 heteroatoms. The maximum Gasteiger partial charge on any atom is 0.205 e. The summed E-state index contributed by atoms with van der Waals surface area (Å²) in [5, 5.41) is 3.93. The van der Waals surface area contributed by atoms with Crippen LogP contribution < -0.4 is 0 Å². The van der Waals surface area contributed by atoms with Crippen molar-refractivity contribution in [1.29, 1.82) is 0 Å². The minimum Gasteiger partial charge on any atom is -0.366 e. The number of unbranched alkanes of at least 4 members (excludes halogenated alkanes) is 1. The Kier molecular flexibility index (Phi) is 2.60. The molecule has 0 saturated heterocycles. The zero-order chi connectivity index (χ0) is 9.19. The van der Waals surface area contributed by atoms with Crippen LogP contribution in [0.15, 0.2) is 5.16 Å². The Labute approximate surface area is 74.4 Å². The van der Waals surface area contributed by atoms with Crippen molar-refractivity contribution in [2.45, 2.75) is 46.3 Å². The van der Waals surface area contributed by atoms with Gasteiger partial charge < -0.3 is 9.74 Å². The first-order valence-corrected chi connectivity index (χ1v) is 4.43. The standard InChI is InChI=1S/C9H17N2O/c1-5-6-7-11-8(2)10-12-9(11,3)4/h7H,5-6H2,1-4H3. The number of hydrogen-bond acceptors (Lipinski definition) is 3. The van der Waals surface area contributed by atoms with Gasteiger partial charge in [-0.1, -0.05) is 18.5 Å². The normalized spacial score (nSPS) is 20.7. The fraction of sp³-hybridized carbons (Fsp3) is 0.778. The Morgan fingerprint density at radius 2 is 2.25 bits per heavy atom. The minimum atomic E-state index is -0.292. The van der Waals surface area contributed by atoms with E-state index in [9.17, 15) is 0 Å². The zero-order valence-corrected chi connectivity index (χ0v) is 8.29. The molecule has 0 unspecified atom stereocenters. The van der Waals surface area contributed by atoms with Crippen LogP contribution in [0, 0.1) is 6.54 Å². The van der Waals surface area contributed by atoms with Gasteiger partial charge in [0, 0.05) is 0 Å². The molecule has 69 valence electrons. The monoisotopic (exact) mass is 169 g/mol. The summed E-state index contributed by atoms with van der Waals surface area (Å²) in [5.41, 5.74) is -0.292. The predicted octanol–water partition coefficient (Wildman–Crippen LogP) is 2.35. The molecule has 12 heavy (non-hydrogen) atoms. The molecule has 0 N–H and O–H groups in total. The summed E-state index contributed by atoms with van der Waals surface area (Å²) in [6, 6.07) is 0. The summed E-state index contributed by atoms with van der Waals surface area (Å²) in [5.74, 6) is 0.938. The van der Waals surface area contributed by atoms with Gasteiger partial charge in [0.1, 0.15) is 5.84 Å². The molecule has 1 aliphatic rings. The molecule has 1 aliphatic heterocycles. The van der Waals surface area contributed by atoms with Gasteiger partial charge in [0.05, 0.1) is 6.54 Å². The van der Waals surface area contributed by atoms with Crippen LogP contribution in [0.5, 0.6) is 0 Å².